The lowest BCUT2D eigenvalue weighted by Crippen LogP contribution is -2.31. The normalized spacial score (nSPS) is 25.4. The van der Waals surface area contributed by atoms with Gasteiger partial charge in [-0.2, -0.15) is 0 Å². The number of hydrogen-bond donors (Lipinski definition) is 1. The second kappa shape index (κ2) is 6.30. The van der Waals surface area contributed by atoms with E-state index in [-0.39, 0.29) is 6.10 Å². The van der Waals surface area contributed by atoms with Crippen molar-refractivity contribution in [3.05, 3.63) is 35.4 Å². The molecule has 1 heteroatoms. The maximum absolute atomic E-state index is 10.5. The van der Waals surface area contributed by atoms with Gasteiger partial charge in [0.2, 0.25) is 0 Å². The Labute approximate surface area is 124 Å². The molecule has 0 aromatic heterocycles. The summed E-state index contributed by atoms with van der Waals surface area (Å²) in [5.74, 6) is 1.32. The van der Waals surface area contributed by atoms with E-state index in [1.54, 1.807) is 0 Å². The van der Waals surface area contributed by atoms with Gasteiger partial charge >= 0.3 is 0 Å². The zero-order chi connectivity index (χ0) is 14.8. The zero-order valence-electron chi connectivity index (χ0n) is 13.5. The monoisotopic (exact) mass is 274 g/mol. The second-order valence-corrected chi connectivity index (χ2v) is 7.68. The van der Waals surface area contributed by atoms with Crippen LogP contribution in [0.5, 0.6) is 0 Å². The first-order valence-corrected chi connectivity index (χ1v) is 8.10. The molecule has 0 heterocycles. The Hall–Kier alpha value is -0.820. The van der Waals surface area contributed by atoms with E-state index in [1.165, 1.54) is 36.8 Å². The Morgan fingerprint density at radius 1 is 1.10 bits per heavy atom. The minimum atomic E-state index is -0.169. The minimum absolute atomic E-state index is 0.169. The van der Waals surface area contributed by atoms with Gasteiger partial charge < -0.3 is 5.11 Å². The van der Waals surface area contributed by atoms with Crippen LogP contribution in [0.15, 0.2) is 24.3 Å². The van der Waals surface area contributed by atoms with Crippen molar-refractivity contribution in [3.63, 3.8) is 0 Å². The zero-order valence-corrected chi connectivity index (χ0v) is 13.5. The summed E-state index contributed by atoms with van der Waals surface area (Å²) >= 11 is 0. The van der Waals surface area contributed by atoms with Crippen molar-refractivity contribution in [2.75, 3.05) is 0 Å². The highest BCUT2D eigenvalue weighted by Crippen LogP contribution is 2.41. The molecule has 1 unspecified atom stereocenters. The summed E-state index contributed by atoms with van der Waals surface area (Å²) in [4.78, 5) is 0. The maximum atomic E-state index is 10.5. The van der Waals surface area contributed by atoms with Crippen molar-refractivity contribution in [1.29, 1.82) is 0 Å². The van der Waals surface area contributed by atoms with E-state index in [4.69, 9.17) is 0 Å². The van der Waals surface area contributed by atoms with Crippen molar-refractivity contribution in [2.45, 2.75) is 65.9 Å². The highest BCUT2D eigenvalue weighted by molar-refractivity contribution is 5.26. The van der Waals surface area contributed by atoms with E-state index in [9.17, 15) is 5.11 Å². The van der Waals surface area contributed by atoms with Crippen LogP contribution in [0.4, 0.5) is 0 Å². The van der Waals surface area contributed by atoms with E-state index in [0.29, 0.717) is 11.3 Å². The fourth-order valence-corrected chi connectivity index (χ4v) is 3.60. The molecule has 1 aliphatic rings. The molecule has 1 atom stereocenters. The summed E-state index contributed by atoms with van der Waals surface area (Å²) in [6.07, 6.45) is 5.58. The highest BCUT2D eigenvalue weighted by atomic mass is 16.3. The van der Waals surface area contributed by atoms with Gasteiger partial charge in [0.1, 0.15) is 0 Å². The summed E-state index contributed by atoms with van der Waals surface area (Å²) in [7, 11) is 0. The molecular weight excluding hydrogens is 244 g/mol. The van der Waals surface area contributed by atoms with E-state index in [0.717, 1.165) is 12.3 Å². The minimum Gasteiger partial charge on any atom is -0.392 e. The summed E-state index contributed by atoms with van der Waals surface area (Å²) < 4.78 is 0. The molecule has 1 saturated carbocycles. The van der Waals surface area contributed by atoms with Gasteiger partial charge in [-0.15, -0.1) is 0 Å². The van der Waals surface area contributed by atoms with E-state index in [1.807, 2.05) is 0 Å². The van der Waals surface area contributed by atoms with Gasteiger partial charge in [0.05, 0.1) is 6.10 Å². The Kier molecular flexibility index (Phi) is 4.90. The van der Waals surface area contributed by atoms with Crippen LogP contribution in [-0.2, 0) is 6.42 Å². The first-order valence-electron chi connectivity index (χ1n) is 8.10. The summed E-state index contributed by atoms with van der Waals surface area (Å²) in [5.41, 5.74) is 3.03. The fourth-order valence-electron chi connectivity index (χ4n) is 3.60. The molecule has 0 aliphatic heterocycles. The first kappa shape index (κ1) is 15.6. The average molecular weight is 274 g/mol. The van der Waals surface area contributed by atoms with Crippen LogP contribution in [0, 0.1) is 24.2 Å². The van der Waals surface area contributed by atoms with Crippen molar-refractivity contribution in [3.8, 4) is 0 Å². The maximum Gasteiger partial charge on any atom is 0.0608 e. The number of aryl methyl sites for hydroxylation is 1. The molecule has 0 amide bonds. The number of benzene rings is 1. The van der Waals surface area contributed by atoms with Crippen LogP contribution in [-0.4, -0.2) is 11.2 Å². The lowest BCUT2D eigenvalue weighted by Gasteiger charge is -2.38. The van der Waals surface area contributed by atoms with E-state index in [2.05, 4.69) is 52.0 Å². The molecule has 1 fully saturated rings. The molecule has 0 spiro atoms. The average Bonchev–Trinajstić information content (AvgIpc) is 2.40. The van der Waals surface area contributed by atoms with Gasteiger partial charge in [-0.05, 0) is 67.4 Å². The Bertz CT molecular complexity index is 422. The third kappa shape index (κ3) is 3.85. The molecule has 0 saturated heterocycles. The summed E-state index contributed by atoms with van der Waals surface area (Å²) in [6, 6.07) is 8.43. The van der Waals surface area contributed by atoms with Gasteiger partial charge in [-0.25, -0.2) is 0 Å². The second-order valence-electron chi connectivity index (χ2n) is 7.68. The molecule has 0 bridgehead atoms. The number of aliphatic hydroxyl groups excluding tert-OH is 1. The van der Waals surface area contributed by atoms with Gasteiger partial charge in [-0.3, -0.25) is 0 Å². The van der Waals surface area contributed by atoms with Crippen molar-refractivity contribution in [1.82, 2.24) is 0 Å². The van der Waals surface area contributed by atoms with Crippen LogP contribution < -0.4 is 0 Å². The molecule has 1 N–H and O–H groups in total. The van der Waals surface area contributed by atoms with Gasteiger partial charge in [0.15, 0.2) is 0 Å². The number of aliphatic hydroxyl groups is 1. The van der Waals surface area contributed by atoms with E-state index < -0.39 is 0 Å². The van der Waals surface area contributed by atoms with Crippen LogP contribution in [0.1, 0.15) is 57.6 Å². The predicted octanol–water partition coefficient (Wildman–Crippen LogP) is 4.75. The van der Waals surface area contributed by atoms with Gasteiger partial charge in [0.25, 0.3) is 0 Å². The topological polar surface area (TPSA) is 20.2 Å². The molecule has 1 aromatic carbocycles. The highest BCUT2D eigenvalue weighted by Gasteiger charge is 2.32. The quantitative estimate of drug-likeness (QED) is 0.843. The Balaban J connectivity index is 1.89. The molecule has 0 radical (unpaired) electrons. The summed E-state index contributed by atoms with van der Waals surface area (Å²) in [6.45, 7) is 9.18. The number of rotatable bonds is 3. The van der Waals surface area contributed by atoms with Crippen LogP contribution >= 0.6 is 0 Å². The summed E-state index contributed by atoms with van der Waals surface area (Å²) in [5, 5.41) is 10.5. The predicted molar refractivity (Wildman–Crippen MR) is 85.8 cm³/mol. The molecule has 1 aromatic rings. The van der Waals surface area contributed by atoms with Crippen molar-refractivity contribution in [2.24, 2.45) is 17.3 Å². The molecule has 1 nitrogen and oxygen atoms in total. The first-order chi connectivity index (χ1) is 9.38. The number of hydrogen-bond acceptors (Lipinski definition) is 1. The smallest absolute Gasteiger partial charge is 0.0608 e. The Morgan fingerprint density at radius 2 is 1.70 bits per heavy atom. The van der Waals surface area contributed by atoms with Crippen molar-refractivity contribution >= 4 is 0 Å². The van der Waals surface area contributed by atoms with Gasteiger partial charge in [-0.1, -0.05) is 45.0 Å². The molecule has 112 valence electrons. The SMILES string of the molecule is Cc1ccccc1CC(O)C1CCC(C(C)(C)C)CC1. The van der Waals surface area contributed by atoms with Gasteiger partial charge in [0, 0.05) is 0 Å². The van der Waals surface area contributed by atoms with Crippen LogP contribution in [0.3, 0.4) is 0 Å². The van der Waals surface area contributed by atoms with Crippen molar-refractivity contribution < 1.29 is 5.11 Å². The standard InChI is InChI=1S/C19H30O/c1-14-7-5-6-8-16(14)13-18(20)15-9-11-17(12-10-15)19(2,3)4/h5-8,15,17-18,20H,9-13H2,1-4H3. The van der Waals surface area contributed by atoms with Crippen LogP contribution in [0.25, 0.3) is 0 Å². The molecular formula is C19H30O. The molecule has 1 aliphatic carbocycles. The Morgan fingerprint density at radius 3 is 2.25 bits per heavy atom. The lowest BCUT2D eigenvalue weighted by atomic mass is 9.68. The largest absolute Gasteiger partial charge is 0.392 e. The van der Waals surface area contributed by atoms with Crippen LogP contribution in [0.2, 0.25) is 0 Å². The third-order valence-corrected chi connectivity index (χ3v) is 5.23. The third-order valence-electron chi connectivity index (χ3n) is 5.23. The molecule has 20 heavy (non-hydrogen) atoms. The molecule has 2 rings (SSSR count). The fraction of sp³-hybridized carbons (Fsp3) is 0.684. The van der Waals surface area contributed by atoms with E-state index >= 15 is 0 Å². The lowest BCUT2D eigenvalue weighted by molar-refractivity contribution is 0.0536.